The van der Waals surface area contributed by atoms with Gasteiger partial charge in [-0.25, -0.2) is 9.59 Å². The van der Waals surface area contributed by atoms with Gasteiger partial charge in [0.15, 0.2) is 0 Å². The summed E-state index contributed by atoms with van der Waals surface area (Å²) in [7, 11) is 0. The first kappa shape index (κ1) is 24.4. The van der Waals surface area contributed by atoms with E-state index in [4.69, 9.17) is 14.6 Å². The molecule has 3 atom stereocenters. The number of alkyl carbamates (subject to hydrolysis) is 1. The first-order chi connectivity index (χ1) is 12.4. The molecule has 0 aromatic rings. The number of rotatable bonds is 12. The summed E-state index contributed by atoms with van der Waals surface area (Å²) in [5.74, 6) is -2.56. The number of nitrogens with one attached hydrogen (secondary N) is 1. The molecule has 0 aromatic heterocycles. The van der Waals surface area contributed by atoms with Gasteiger partial charge in [0, 0.05) is 19.9 Å². The highest BCUT2D eigenvalue weighted by Crippen LogP contribution is 2.15. The van der Waals surface area contributed by atoms with E-state index in [0.29, 0.717) is 6.42 Å². The quantitative estimate of drug-likeness (QED) is 0.219. The van der Waals surface area contributed by atoms with Gasteiger partial charge in [0.1, 0.15) is 0 Å². The van der Waals surface area contributed by atoms with E-state index in [9.17, 15) is 24.5 Å². The Morgan fingerprint density at radius 2 is 1.70 bits per heavy atom. The van der Waals surface area contributed by atoms with Crippen molar-refractivity contribution in [3.8, 4) is 0 Å². The lowest BCUT2D eigenvalue weighted by Gasteiger charge is -2.21. The van der Waals surface area contributed by atoms with Crippen LogP contribution in [0, 0.1) is 27.9 Å². The van der Waals surface area contributed by atoms with Crippen molar-refractivity contribution in [2.45, 2.75) is 59.9 Å². The number of carbonyl (C=O) groups excluding carboxylic acids is 2. The molecule has 1 amide bonds. The zero-order valence-corrected chi connectivity index (χ0v) is 16.2. The van der Waals surface area contributed by atoms with Crippen molar-refractivity contribution in [3.05, 3.63) is 10.1 Å². The van der Waals surface area contributed by atoms with E-state index in [1.54, 1.807) is 0 Å². The minimum atomic E-state index is -1.44. The van der Waals surface area contributed by atoms with Gasteiger partial charge >= 0.3 is 18.0 Å². The molecule has 0 rings (SSSR count). The first-order valence-corrected chi connectivity index (χ1v) is 8.60. The molecule has 0 radical (unpaired) electrons. The topological polar surface area (TPSA) is 154 Å². The van der Waals surface area contributed by atoms with Crippen LogP contribution in [0.5, 0.6) is 0 Å². The second-order valence-electron chi connectivity index (χ2n) is 6.88. The average molecular weight is 392 g/mol. The van der Waals surface area contributed by atoms with Gasteiger partial charge in [-0.15, -0.1) is 10.1 Å². The number of aliphatic carboxylic acids is 1. The highest BCUT2D eigenvalue weighted by molar-refractivity contribution is 5.75. The third kappa shape index (κ3) is 11.6. The lowest BCUT2D eigenvalue weighted by atomic mass is 9.94. The number of carboxylic acid groups (broad SMARTS) is 1. The Morgan fingerprint density at radius 1 is 1.11 bits per heavy atom. The number of hydrogen-bond acceptors (Lipinski definition) is 8. The number of carboxylic acids is 1. The molecule has 2 N–H and O–H groups in total. The Kier molecular flexibility index (Phi) is 10.8. The smallest absolute Gasteiger partial charge is 0.410 e. The van der Waals surface area contributed by atoms with E-state index in [1.165, 1.54) is 20.8 Å². The zero-order valence-electron chi connectivity index (χ0n) is 16.2. The third-order valence-electron chi connectivity index (χ3n) is 3.40. The molecule has 1 unspecified atom stereocenters. The van der Waals surface area contributed by atoms with E-state index < -0.39 is 41.4 Å². The minimum Gasteiger partial charge on any atom is -0.481 e. The fourth-order valence-electron chi connectivity index (χ4n) is 2.36. The molecule has 0 saturated heterocycles. The van der Waals surface area contributed by atoms with E-state index in [0.717, 1.165) is 0 Å². The van der Waals surface area contributed by atoms with Gasteiger partial charge in [-0.3, -0.25) is 9.63 Å². The Balaban J connectivity index is 4.52. The van der Waals surface area contributed by atoms with Crippen LogP contribution in [0.3, 0.4) is 0 Å². The van der Waals surface area contributed by atoms with Crippen molar-refractivity contribution < 1.29 is 38.9 Å². The fourth-order valence-corrected chi connectivity index (χ4v) is 2.36. The van der Waals surface area contributed by atoms with Crippen molar-refractivity contribution in [2.24, 2.45) is 17.8 Å². The molecule has 11 heteroatoms. The minimum absolute atomic E-state index is 0.0863. The normalized spacial score (nSPS) is 14.2. The van der Waals surface area contributed by atoms with Crippen molar-refractivity contribution in [3.63, 3.8) is 0 Å². The first-order valence-electron chi connectivity index (χ1n) is 8.60. The van der Waals surface area contributed by atoms with Crippen molar-refractivity contribution in [1.82, 2.24) is 5.32 Å². The van der Waals surface area contributed by atoms with Crippen LogP contribution in [0.2, 0.25) is 0 Å². The molecule has 0 spiro atoms. The monoisotopic (exact) mass is 392 g/mol. The molecule has 0 aromatic carbocycles. The van der Waals surface area contributed by atoms with E-state index in [-0.39, 0.29) is 24.8 Å². The summed E-state index contributed by atoms with van der Waals surface area (Å²) in [5, 5.41) is 20.7. The number of nitrogens with zero attached hydrogens (tertiary/aromatic N) is 1. The molecule has 0 bridgehead atoms. The Labute approximate surface area is 157 Å². The lowest BCUT2D eigenvalue weighted by molar-refractivity contribution is -0.766. The molecular formula is C16H28N2O9. The SMILES string of the molecule is CC(C)C[C@H](CNC(=O)OC(C)OC(=O)[C@@H](O[N+](=O)[O-])C(C)C)CC(=O)O. The van der Waals surface area contributed by atoms with Gasteiger partial charge in [-0.05, 0) is 24.2 Å². The molecule has 156 valence electrons. The maximum Gasteiger partial charge on any atom is 0.410 e. The third-order valence-corrected chi connectivity index (χ3v) is 3.40. The number of hydrogen-bond donors (Lipinski definition) is 2. The lowest BCUT2D eigenvalue weighted by Crippen LogP contribution is -2.38. The van der Waals surface area contributed by atoms with Crippen LogP contribution in [0.15, 0.2) is 0 Å². The van der Waals surface area contributed by atoms with Crippen molar-refractivity contribution in [2.75, 3.05) is 6.54 Å². The average Bonchev–Trinajstić information content (AvgIpc) is 2.48. The van der Waals surface area contributed by atoms with Crippen LogP contribution < -0.4 is 5.32 Å². The summed E-state index contributed by atoms with van der Waals surface area (Å²) in [5.41, 5.74) is 0. The Morgan fingerprint density at radius 3 is 2.15 bits per heavy atom. The van der Waals surface area contributed by atoms with Crippen LogP contribution in [0.4, 0.5) is 4.79 Å². The summed E-state index contributed by atoms with van der Waals surface area (Å²) in [4.78, 5) is 49.2. The Bertz CT molecular complexity index is 522. The second kappa shape index (κ2) is 11.9. The summed E-state index contributed by atoms with van der Waals surface area (Å²) in [6.07, 6.45) is -3.15. The van der Waals surface area contributed by atoms with Crippen LogP contribution in [-0.4, -0.2) is 47.2 Å². The van der Waals surface area contributed by atoms with Gasteiger partial charge < -0.3 is 19.9 Å². The molecule has 27 heavy (non-hydrogen) atoms. The summed E-state index contributed by atoms with van der Waals surface area (Å²) >= 11 is 0. The summed E-state index contributed by atoms with van der Waals surface area (Å²) in [6.45, 7) is 8.29. The largest absolute Gasteiger partial charge is 0.481 e. The standard InChI is InChI=1S/C16H28N2O9/c1-9(2)6-12(7-13(19)20)8-17-16(22)26-11(5)25-15(21)14(10(3)4)27-18(23)24/h9-12,14H,6-8H2,1-5H3,(H,17,22)(H,19,20)/t11?,12-,14-/m0/s1. The van der Waals surface area contributed by atoms with E-state index in [1.807, 2.05) is 13.8 Å². The van der Waals surface area contributed by atoms with Gasteiger partial charge in [0.2, 0.25) is 12.4 Å². The van der Waals surface area contributed by atoms with Gasteiger partial charge in [-0.2, -0.15) is 0 Å². The van der Waals surface area contributed by atoms with Crippen LogP contribution in [-0.2, 0) is 23.9 Å². The molecular weight excluding hydrogens is 364 g/mol. The Hall–Kier alpha value is -2.59. The molecule has 0 aliphatic heterocycles. The van der Waals surface area contributed by atoms with Crippen LogP contribution in [0.25, 0.3) is 0 Å². The van der Waals surface area contributed by atoms with Gasteiger partial charge in [-0.1, -0.05) is 27.7 Å². The maximum atomic E-state index is 11.9. The number of amides is 1. The van der Waals surface area contributed by atoms with Crippen molar-refractivity contribution in [1.29, 1.82) is 0 Å². The summed E-state index contributed by atoms with van der Waals surface area (Å²) < 4.78 is 9.69. The molecule has 11 nitrogen and oxygen atoms in total. The fraction of sp³-hybridized carbons (Fsp3) is 0.812. The van der Waals surface area contributed by atoms with E-state index >= 15 is 0 Å². The second-order valence-corrected chi connectivity index (χ2v) is 6.88. The molecule has 0 fully saturated rings. The highest BCUT2D eigenvalue weighted by Gasteiger charge is 2.30. The molecule has 0 saturated carbocycles. The predicted octanol–water partition coefficient (Wildman–Crippen LogP) is 1.97. The van der Waals surface area contributed by atoms with E-state index in [2.05, 4.69) is 10.2 Å². The molecule has 0 aliphatic rings. The van der Waals surface area contributed by atoms with Crippen LogP contribution in [0.1, 0.15) is 47.5 Å². The summed E-state index contributed by atoms with van der Waals surface area (Å²) in [6, 6.07) is 0. The number of esters is 1. The maximum absolute atomic E-state index is 11.9. The van der Waals surface area contributed by atoms with Crippen LogP contribution >= 0.6 is 0 Å². The highest BCUT2D eigenvalue weighted by atomic mass is 17.0. The number of carbonyl (C=O) groups is 3. The predicted molar refractivity (Wildman–Crippen MR) is 91.9 cm³/mol. The van der Waals surface area contributed by atoms with Gasteiger partial charge in [0.05, 0.1) is 0 Å². The molecule has 0 aliphatic carbocycles. The number of ether oxygens (including phenoxy) is 2. The molecule has 0 heterocycles. The van der Waals surface area contributed by atoms with Gasteiger partial charge in [0.25, 0.3) is 5.09 Å². The zero-order chi connectivity index (χ0) is 21.1. The van der Waals surface area contributed by atoms with Crippen molar-refractivity contribution >= 4 is 18.0 Å².